The minimum atomic E-state index is -1.85. The summed E-state index contributed by atoms with van der Waals surface area (Å²) >= 11 is 0. The van der Waals surface area contributed by atoms with Gasteiger partial charge in [0.25, 0.3) is 0 Å². The first kappa shape index (κ1) is 15.8. The summed E-state index contributed by atoms with van der Waals surface area (Å²) in [4.78, 5) is 11.4. The van der Waals surface area contributed by atoms with E-state index in [-0.39, 0.29) is 5.56 Å². The van der Waals surface area contributed by atoms with Gasteiger partial charge in [-0.3, -0.25) is 0 Å². The van der Waals surface area contributed by atoms with Crippen LogP contribution in [0.1, 0.15) is 15.9 Å². The molecule has 0 radical (unpaired) electrons. The lowest BCUT2D eigenvalue weighted by molar-refractivity contribution is 0.0695. The highest BCUT2D eigenvalue weighted by Crippen LogP contribution is 2.34. The van der Waals surface area contributed by atoms with Gasteiger partial charge in [0, 0.05) is 17.5 Å². The highest BCUT2D eigenvalue weighted by atomic mass is 19.2. The van der Waals surface area contributed by atoms with Crippen molar-refractivity contribution in [2.45, 2.75) is 6.42 Å². The summed E-state index contributed by atoms with van der Waals surface area (Å²) in [5, 5.41) is 9.25. The number of carboxylic acid groups (broad SMARTS) is 1. The number of hydrogen-bond acceptors (Lipinski definition) is 1. The quantitative estimate of drug-likeness (QED) is 0.667. The zero-order valence-electron chi connectivity index (χ0n) is 11.2. The molecule has 0 saturated heterocycles. The molecule has 1 N–H and O–H groups in total. The molecule has 0 heterocycles. The van der Waals surface area contributed by atoms with Gasteiger partial charge in [0.05, 0.1) is 11.4 Å². The highest BCUT2D eigenvalue weighted by Gasteiger charge is 2.29. The van der Waals surface area contributed by atoms with Crippen LogP contribution in [0.4, 0.5) is 17.6 Å². The van der Waals surface area contributed by atoms with Gasteiger partial charge < -0.3 is 5.11 Å². The van der Waals surface area contributed by atoms with E-state index in [9.17, 15) is 27.5 Å². The zero-order chi connectivity index (χ0) is 16.4. The Labute approximate surface area is 123 Å². The lowest BCUT2D eigenvalue weighted by atomic mass is 9.92. The van der Waals surface area contributed by atoms with Gasteiger partial charge in [-0.2, -0.15) is 0 Å². The molecule has 0 atom stereocenters. The Morgan fingerprint density at radius 3 is 2.14 bits per heavy atom. The van der Waals surface area contributed by atoms with Crippen molar-refractivity contribution in [3.05, 3.63) is 71.3 Å². The van der Waals surface area contributed by atoms with Crippen LogP contribution in [0.15, 0.2) is 42.7 Å². The van der Waals surface area contributed by atoms with Gasteiger partial charge in [-0.25, -0.2) is 22.4 Å². The van der Waals surface area contributed by atoms with Gasteiger partial charge in [0.2, 0.25) is 0 Å². The van der Waals surface area contributed by atoms with E-state index < -0.39 is 52.4 Å². The van der Waals surface area contributed by atoms with Gasteiger partial charge >= 0.3 is 5.97 Å². The number of rotatable bonds is 4. The average molecular weight is 310 g/mol. The van der Waals surface area contributed by atoms with Crippen LogP contribution in [-0.2, 0) is 6.42 Å². The minimum absolute atomic E-state index is 0.0435. The number of benzene rings is 2. The van der Waals surface area contributed by atoms with Crippen LogP contribution in [0.2, 0.25) is 0 Å². The standard InChI is InChI=1S/C16H10F4O2/c1-8(17)7-10-12(16(21)22)11(9-5-3-2-4-6-9)14(19)15(20)13(10)18/h2-6H,1,7H2,(H,21,22). The van der Waals surface area contributed by atoms with Crippen molar-refractivity contribution in [1.29, 1.82) is 0 Å². The van der Waals surface area contributed by atoms with E-state index >= 15 is 0 Å². The summed E-state index contributed by atoms with van der Waals surface area (Å²) in [5.74, 6) is -7.96. The number of allylic oxidation sites excluding steroid dienone is 1. The molecule has 2 rings (SSSR count). The molecule has 2 nitrogen and oxygen atoms in total. The maximum atomic E-state index is 14.1. The third kappa shape index (κ3) is 2.72. The van der Waals surface area contributed by atoms with Crippen LogP contribution in [0, 0.1) is 17.5 Å². The molecule has 0 saturated carbocycles. The monoisotopic (exact) mass is 310 g/mol. The van der Waals surface area contributed by atoms with Crippen molar-refractivity contribution in [1.82, 2.24) is 0 Å². The molecule has 6 heteroatoms. The van der Waals surface area contributed by atoms with E-state index in [0.29, 0.717) is 0 Å². The fraction of sp³-hybridized carbons (Fsp3) is 0.0625. The second-order valence-corrected chi connectivity index (χ2v) is 4.54. The van der Waals surface area contributed by atoms with E-state index in [2.05, 4.69) is 6.58 Å². The molecular weight excluding hydrogens is 300 g/mol. The van der Waals surface area contributed by atoms with E-state index in [4.69, 9.17) is 0 Å². The molecule has 0 bridgehead atoms. The smallest absolute Gasteiger partial charge is 0.336 e. The Balaban J connectivity index is 2.90. The van der Waals surface area contributed by atoms with Crippen molar-refractivity contribution in [3.63, 3.8) is 0 Å². The van der Waals surface area contributed by atoms with E-state index in [1.165, 1.54) is 24.3 Å². The summed E-state index contributed by atoms with van der Waals surface area (Å²) in [7, 11) is 0. The molecular formula is C16H10F4O2. The molecule has 0 aliphatic carbocycles. The van der Waals surface area contributed by atoms with E-state index in [1.54, 1.807) is 6.07 Å². The normalized spacial score (nSPS) is 10.5. The summed E-state index contributed by atoms with van der Waals surface area (Å²) in [6, 6.07) is 7.24. The van der Waals surface area contributed by atoms with Crippen molar-refractivity contribution < 1.29 is 27.5 Å². The molecule has 0 unspecified atom stereocenters. The Morgan fingerprint density at radius 2 is 1.64 bits per heavy atom. The third-order valence-electron chi connectivity index (χ3n) is 3.07. The average Bonchev–Trinajstić information content (AvgIpc) is 2.47. The van der Waals surface area contributed by atoms with Gasteiger partial charge in [-0.15, -0.1) is 0 Å². The predicted molar refractivity (Wildman–Crippen MR) is 72.7 cm³/mol. The SMILES string of the molecule is C=C(F)Cc1c(F)c(F)c(F)c(-c2ccccc2)c1C(=O)O. The number of halogens is 4. The Kier molecular flexibility index (Phi) is 4.30. The topological polar surface area (TPSA) is 37.3 Å². The van der Waals surface area contributed by atoms with Gasteiger partial charge in [-0.05, 0) is 5.56 Å². The molecule has 2 aromatic rings. The van der Waals surface area contributed by atoms with E-state index in [1.807, 2.05) is 0 Å². The zero-order valence-corrected chi connectivity index (χ0v) is 11.2. The Hall–Kier alpha value is -2.63. The number of hydrogen-bond donors (Lipinski definition) is 1. The number of carbonyl (C=O) groups is 1. The van der Waals surface area contributed by atoms with Crippen LogP contribution >= 0.6 is 0 Å². The first-order valence-corrected chi connectivity index (χ1v) is 6.16. The maximum Gasteiger partial charge on any atom is 0.336 e. The first-order chi connectivity index (χ1) is 10.3. The van der Waals surface area contributed by atoms with Crippen molar-refractivity contribution in [2.75, 3.05) is 0 Å². The van der Waals surface area contributed by atoms with Crippen LogP contribution < -0.4 is 0 Å². The van der Waals surface area contributed by atoms with Gasteiger partial charge in [0.1, 0.15) is 0 Å². The maximum absolute atomic E-state index is 14.1. The Morgan fingerprint density at radius 1 is 1.05 bits per heavy atom. The second-order valence-electron chi connectivity index (χ2n) is 4.54. The minimum Gasteiger partial charge on any atom is -0.478 e. The van der Waals surface area contributed by atoms with Gasteiger partial charge in [0.15, 0.2) is 17.5 Å². The lowest BCUT2D eigenvalue weighted by Crippen LogP contribution is -2.13. The Bertz CT molecular complexity index is 755. The first-order valence-electron chi connectivity index (χ1n) is 6.16. The molecule has 22 heavy (non-hydrogen) atoms. The molecule has 0 aromatic heterocycles. The molecule has 0 amide bonds. The molecule has 2 aromatic carbocycles. The predicted octanol–water partition coefficient (Wildman–Crippen LogP) is 4.49. The van der Waals surface area contributed by atoms with Crippen molar-refractivity contribution >= 4 is 5.97 Å². The summed E-state index contributed by atoms with van der Waals surface area (Å²) in [6.45, 7) is 2.90. The summed E-state index contributed by atoms with van der Waals surface area (Å²) < 4.78 is 54.7. The van der Waals surface area contributed by atoms with Crippen LogP contribution in [-0.4, -0.2) is 11.1 Å². The molecule has 0 aliphatic rings. The fourth-order valence-electron chi connectivity index (χ4n) is 2.18. The van der Waals surface area contributed by atoms with Crippen molar-refractivity contribution in [2.24, 2.45) is 0 Å². The summed E-state index contributed by atoms with van der Waals surface area (Å²) in [5.41, 5.74) is -2.18. The van der Waals surface area contributed by atoms with Crippen molar-refractivity contribution in [3.8, 4) is 11.1 Å². The van der Waals surface area contributed by atoms with E-state index in [0.717, 1.165) is 0 Å². The van der Waals surface area contributed by atoms with Gasteiger partial charge in [-0.1, -0.05) is 36.9 Å². The van der Waals surface area contributed by atoms with Crippen LogP contribution in [0.5, 0.6) is 0 Å². The molecule has 114 valence electrons. The third-order valence-corrected chi connectivity index (χ3v) is 3.07. The highest BCUT2D eigenvalue weighted by molar-refractivity contribution is 5.98. The number of carboxylic acids is 1. The largest absolute Gasteiger partial charge is 0.478 e. The molecule has 0 spiro atoms. The second kappa shape index (κ2) is 6.01. The molecule has 0 aliphatic heterocycles. The summed E-state index contributed by atoms with van der Waals surface area (Å²) in [6.07, 6.45) is -0.857. The number of aromatic carboxylic acids is 1. The van der Waals surface area contributed by atoms with Crippen LogP contribution in [0.25, 0.3) is 11.1 Å². The van der Waals surface area contributed by atoms with Crippen LogP contribution in [0.3, 0.4) is 0 Å². The molecule has 0 fully saturated rings. The lowest BCUT2D eigenvalue weighted by Gasteiger charge is -2.14. The fourth-order valence-corrected chi connectivity index (χ4v) is 2.18.